The van der Waals surface area contributed by atoms with E-state index in [-0.39, 0.29) is 5.41 Å². The molecule has 58 heavy (non-hydrogen) atoms. The van der Waals surface area contributed by atoms with Crippen molar-refractivity contribution in [3.05, 3.63) is 217 Å². The van der Waals surface area contributed by atoms with E-state index in [1.165, 1.54) is 38.9 Å². The Bertz CT molecular complexity index is 2950. The van der Waals surface area contributed by atoms with Crippen LogP contribution in [0.1, 0.15) is 25.0 Å². The van der Waals surface area contributed by atoms with Crippen LogP contribution in [-0.4, -0.2) is 0 Å². The monoisotopic (exact) mass is 744 g/mol. The zero-order valence-corrected chi connectivity index (χ0v) is 32.4. The Kier molecular flexibility index (Phi) is 7.84. The molecule has 0 spiro atoms. The van der Waals surface area contributed by atoms with E-state index in [0.717, 1.165) is 62.0 Å². The van der Waals surface area contributed by atoms with Crippen LogP contribution in [-0.2, 0) is 5.41 Å². The van der Waals surface area contributed by atoms with Crippen molar-refractivity contribution in [3.63, 3.8) is 0 Å². The highest BCUT2D eigenvalue weighted by Crippen LogP contribution is 2.57. The lowest BCUT2D eigenvalue weighted by molar-refractivity contribution is 0.488. The summed E-state index contributed by atoms with van der Waals surface area (Å²) in [5, 5.41) is 2.24. The Morgan fingerprint density at radius 2 is 0.931 bits per heavy atom. The van der Waals surface area contributed by atoms with Gasteiger partial charge in [-0.05, 0) is 93.4 Å². The molecule has 3 heteroatoms. The molecule has 0 aromatic heterocycles. The van der Waals surface area contributed by atoms with Crippen LogP contribution in [0.2, 0.25) is 0 Å². The van der Waals surface area contributed by atoms with Crippen LogP contribution < -0.4 is 14.5 Å². The molecule has 0 radical (unpaired) electrons. The van der Waals surface area contributed by atoms with Crippen molar-refractivity contribution < 1.29 is 4.74 Å². The second-order valence-electron chi connectivity index (χ2n) is 15.7. The molecule has 1 aliphatic heterocycles. The predicted octanol–water partition coefficient (Wildman–Crippen LogP) is 15.5. The first kappa shape index (κ1) is 33.9. The maximum absolute atomic E-state index is 7.26. The highest BCUT2D eigenvalue weighted by molar-refractivity contribution is 6.08. The van der Waals surface area contributed by atoms with Crippen LogP contribution in [0.5, 0.6) is 11.5 Å². The number of fused-ring (bicyclic) bond motifs is 5. The molecule has 276 valence electrons. The van der Waals surface area contributed by atoms with Gasteiger partial charge in [0.05, 0.1) is 17.1 Å². The normalized spacial score (nSPS) is 12.9. The fraction of sp³-hybridized carbons (Fsp3) is 0.0545. The lowest BCUT2D eigenvalue weighted by atomic mass is 9.82. The van der Waals surface area contributed by atoms with E-state index in [0.29, 0.717) is 0 Å². The molecule has 2 aliphatic rings. The molecule has 0 fully saturated rings. The fourth-order valence-corrected chi connectivity index (χ4v) is 9.30. The van der Waals surface area contributed by atoms with Gasteiger partial charge in [0.1, 0.15) is 5.75 Å². The van der Waals surface area contributed by atoms with E-state index in [9.17, 15) is 0 Å². The van der Waals surface area contributed by atoms with Gasteiger partial charge in [0.25, 0.3) is 0 Å². The minimum absolute atomic E-state index is 0.137. The molecule has 0 N–H and O–H groups in total. The van der Waals surface area contributed by atoms with Crippen molar-refractivity contribution in [1.82, 2.24) is 0 Å². The van der Waals surface area contributed by atoms with E-state index in [1.54, 1.807) is 0 Å². The summed E-state index contributed by atoms with van der Waals surface area (Å²) in [5.74, 6) is 1.67. The molecule has 1 aliphatic carbocycles. The maximum atomic E-state index is 7.26. The Labute approximate surface area is 339 Å². The summed E-state index contributed by atoms with van der Waals surface area (Å²) >= 11 is 0. The lowest BCUT2D eigenvalue weighted by Gasteiger charge is -2.32. The summed E-state index contributed by atoms with van der Waals surface area (Å²) in [6.07, 6.45) is 0. The molecule has 0 saturated heterocycles. The summed E-state index contributed by atoms with van der Waals surface area (Å²) in [4.78, 5) is 4.72. The quantitative estimate of drug-likeness (QED) is 0.162. The summed E-state index contributed by atoms with van der Waals surface area (Å²) in [7, 11) is 0. The van der Waals surface area contributed by atoms with Crippen LogP contribution in [0.4, 0.5) is 34.1 Å². The minimum Gasteiger partial charge on any atom is -0.454 e. The number of nitrogens with zero attached hydrogens (tertiary/aromatic N) is 2. The molecule has 0 atom stereocenters. The van der Waals surface area contributed by atoms with Gasteiger partial charge >= 0.3 is 0 Å². The first-order valence-corrected chi connectivity index (χ1v) is 20.0. The van der Waals surface area contributed by atoms with Gasteiger partial charge in [-0.2, -0.15) is 0 Å². The van der Waals surface area contributed by atoms with Gasteiger partial charge in [-0.25, -0.2) is 0 Å². The molecule has 0 unspecified atom stereocenters. The summed E-state index contributed by atoms with van der Waals surface area (Å²) < 4.78 is 7.26. The van der Waals surface area contributed by atoms with Crippen LogP contribution in [0.25, 0.3) is 44.2 Å². The van der Waals surface area contributed by atoms with Crippen LogP contribution >= 0.6 is 0 Å². The molecule has 9 aromatic carbocycles. The van der Waals surface area contributed by atoms with Crippen molar-refractivity contribution >= 4 is 44.9 Å². The van der Waals surface area contributed by atoms with E-state index < -0.39 is 0 Å². The second kappa shape index (κ2) is 13.4. The molecular formula is C55H40N2O. The van der Waals surface area contributed by atoms with Gasteiger partial charge in [-0.1, -0.05) is 159 Å². The fourth-order valence-electron chi connectivity index (χ4n) is 9.30. The molecule has 1 heterocycles. The molecule has 11 rings (SSSR count). The average Bonchev–Trinajstić information content (AvgIpc) is 3.52. The zero-order valence-electron chi connectivity index (χ0n) is 32.4. The first-order chi connectivity index (χ1) is 28.5. The summed E-state index contributed by atoms with van der Waals surface area (Å²) in [6.45, 7) is 4.69. The Hall–Kier alpha value is -7.36. The number of hydrogen-bond acceptors (Lipinski definition) is 3. The lowest BCUT2D eigenvalue weighted by Crippen LogP contribution is -2.16. The van der Waals surface area contributed by atoms with Gasteiger partial charge in [-0.3, -0.25) is 0 Å². The third-order valence-corrected chi connectivity index (χ3v) is 12.0. The molecule has 0 amide bonds. The van der Waals surface area contributed by atoms with Gasteiger partial charge in [-0.15, -0.1) is 0 Å². The Morgan fingerprint density at radius 3 is 1.67 bits per heavy atom. The third-order valence-electron chi connectivity index (χ3n) is 12.0. The van der Waals surface area contributed by atoms with Crippen molar-refractivity contribution in [2.24, 2.45) is 0 Å². The van der Waals surface area contributed by atoms with Gasteiger partial charge < -0.3 is 14.5 Å². The largest absolute Gasteiger partial charge is 0.454 e. The Balaban J connectivity index is 1.12. The minimum atomic E-state index is -0.137. The SMILES string of the molecule is CC1(C)c2ccccc2-c2c(N(c3ccc(-c4ccccc4)cc3)c3cc4c5c(cccc5c3)-c3cccc(N(c5ccccc5)c5ccccc5)c3O4)cccc21. The predicted molar refractivity (Wildman–Crippen MR) is 242 cm³/mol. The van der Waals surface area contributed by atoms with Gasteiger partial charge in [0, 0.05) is 45.1 Å². The number of benzene rings is 9. The molecule has 3 nitrogen and oxygen atoms in total. The molecule has 9 aromatic rings. The number of para-hydroxylation sites is 3. The van der Waals surface area contributed by atoms with Gasteiger partial charge in [0.2, 0.25) is 0 Å². The first-order valence-electron chi connectivity index (χ1n) is 20.0. The van der Waals surface area contributed by atoms with E-state index >= 15 is 0 Å². The van der Waals surface area contributed by atoms with Crippen LogP contribution in [0, 0.1) is 0 Å². The van der Waals surface area contributed by atoms with Crippen molar-refractivity contribution in [3.8, 4) is 44.9 Å². The average molecular weight is 745 g/mol. The van der Waals surface area contributed by atoms with Crippen LogP contribution in [0.3, 0.4) is 0 Å². The van der Waals surface area contributed by atoms with E-state index in [1.807, 2.05) is 0 Å². The van der Waals surface area contributed by atoms with Crippen molar-refractivity contribution in [2.45, 2.75) is 19.3 Å². The third kappa shape index (κ3) is 5.35. The van der Waals surface area contributed by atoms with E-state index in [4.69, 9.17) is 4.74 Å². The summed E-state index contributed by atoms with van der Waals surface area (Å²) in [6, 6.07) is 74.1. The number of hydrogen-bond donors (Lipinski definition) is 0. The number of ether oxygens (including phenoxy) is 1. The molecular weight excluding hydrogens is 705 g/mol. The van der Waals surface area contributed by atoms with Crippen molar-refractivity contribution in [1.29, 1.82) is 0 Å². The molecule has 0 saturated carbocycles. The standard InChI is InChI=1S/C55H40N2O/c1-55(2)47-27-13-12-24-46(47)53-48(55)28-16-29-49(53)57(42-33-31-38(32-34-42)37-17-6-3-7-18-37)43-35-39-19-14-25-44-45-26-15-30-50(54(45)58-51(36-43)52(39)44)56(40-20-8-4-9-21-40)41-22-10-5-11-23-41/h3-36H,1-2H3. The number of rotatable bonds is 7. The second-order valence-corrected chi connectivity index (χ2v) is 15.7. The Morgan fingerprint density at radius 1 is 0.397 bits per heavy atom. The highest BCUT2D eigenvalue weighted by atomic mass is 16.5. The van der Waals surface area contributed by atoms with Crippen molar-refractivity contribution in [2.75, 3.05) is 9.80 Å². The maximum Gasteiger partial charge on any atom is 0.159 e. The topological polar surface area (TPSA) is 15.7 Å². The summed E-state index contributed by atoms with van der Waals surface area (Å²) in [5.41, 5.74) is 16.1. The van der Waals surface area contributed by atoms with Crippen LogP contribution in [0.15, 0.2) is 206 Å². The smallest absolute Gasteiger partial charge is 0.159 e. The number of anilines is 6. The van der Waals surface area contributed by atoms with Gasteiger partial charge in [0.15, 0.2) is 5.75 Å². The highest BCUT2D eigenvalue weighted by Gasteiger charge is 2.38. The zero-order chi connectivity index (χ0) is 38.8. The molecule has 0 bridgehead atoms. The van der Waals surface area contributed by atoms with E-state index in [2.05, 4.69) is 230 Å².